The lowest BCUT2D eigenvalue weighted by atomic mass is 10.2. The largest absolute Gasteiger partial charge is 0.289 e. The Morgan fingerprint density at radius 1 is 1.26 bits per heavy atom. The van der Waals surface area contributed by atoms with Crippen LogP contribution in [-0.2, 0) is 14.6 Å². The molecule has 0 aromatic heterocycles. The van der Waals surface area contributed by atoms with Crippen molar-refractivity contribution in [3.05, 3.63) is 53.0 Å². The van der Waals surface area contributed by atoms with E-state index in [9.17, 15) is 13.2 Å². The summed E-state index contributed by atoms with van der Waals surface area (Å²) in [5.41, 5.74) is 1.04. The third-order valence-corrected chi connectivity index (χ3v) is 6.83. The molecule has 23 heavy (non-hydrogen) atoms. The zero-order valence-electron chi connectivity index (χ0n) is 12.2. The van der Waals surface area contributed by atoms with E-state index < -0.39 is 9.84 Å². The maximum Gasteiger partial charge on any atom is 0.266 e. The van der Waals surface area contributed by atoms with Crippen molar-refractivity contribution < 1.29 is 13.2 Å². The molecule has 0 saturated carbocycles. The molecule has 120 valence electrons. The third-order valence-electron chi connectivity index (χ3n) is 3.73. The molecule has 2 aliphatic rings. The van der Waals surface area contributed by atoms with E-state index in [0.29, 0.717) is 15.6 Å². The molecule has 0 N–H and O–H groups in total. The normalized spacial score (nSPS) is 25.8. The fourth-order valence-electron chi connectivity index (χ4n) is 2.60. The number of carbonyl (C=O) groups excluding carboxylic acids is 1. The van der Waals surface area contributed by atoms with Crippen molar-refractivity contribution in [2.24, 2.45) is 0 Å². The molecular weight excluding hydrogens is 350 g/mol. The Kier molecular flexibility index (Phi) is 4.70. The van der Waals surface area contributed by atoms with Gasteiger partial charge >= 0.3 is 0 Å². The van der Waals surface area contributed by atoms with Gasteiger partial charge in [-0.05, 0) is 18.1 Å². The van der Waals surface area contributed by atoms with E-state index in [4.69, 9.17) is 12.2 Å². The lowest BCUT2D eigenvalue weighted by Gasteiger charge is -2.20. The van der Waals surface area contributed by atoms with E-state index >= 15 is 0 Å². The maximum absolute atomic E-state index is 12.5. The second-order valence-electron chi connectivity index (χ2n) is 5.40. The van der Waals surface area contributed by atoms with E-state index in [0.717, 1.165) is 5.56 Å². The lowest BCUT2D eigenvalue weighted by molar-refractivity contribution is -0.123. The van der Waals surface area contributed by atoms with Crippen molar-refractivity contribution in [1.29, 1.82) is 0 Å². The van der Waals surface area contributed by atoms with Gasteiger partial charge in [0.2, 0.25) is 0 Å². The highest BCUT2D eigenvalue weighted by Gasteiger charge is 2.41. The number of allylic oxidation sites excluding steroid dienone is 2. The van der Waals surface area contributed by atoms with Crippen LogP contribution >= 0.6 is 24.0 Å². The fourth-order valence-corrected chi connectivity index (χ4v) is 5.65. The Hall–Kier alpha value is -1.44. The zero-order chi connectivity index (χ0) is 16.4. The van der Waals surface area contributed by atoms with Gasteiger partial charge in [-0.15, -0.1) is 0 Å². The van der Waals surface area contributed by atoms with Gasteiger partial charge < -0.3 is 0 Å². The van der Waals surface area contributed by atoms with E-state index in [1.807, 2.05) is 42.5 Å². The molecule has 0 aliphatic carbocycles. The van der Waals surface area contributed by atoms with Crippen LogP contribution in [0.3, 0.4) is 0 Å². The number of amides is 1. The molecule has 1 aromatic carbocycles. The first-order chi connectivity index (χ1) is 11.0. The van der Waals surface area contributed by atoms with Crippen LogP contribution in [0.15, 0.2) is 47.4 Å². The minimum atomic E-state index is -3.05. The minimum Gasteiger partial charge on any atom is -0.289 e. The van der Waals surface area contributed by atoms with Crippen LogP contribution < -0.4 is 0 Å². The van der Waals surface area contributed by atoms with Crippen molar-refractivity contribution in [3.8, 4) is 0 Å². The SMILES string of the molecule is O=C1/C(=C\C=C\c2ccccc2)SC(=S)N1C1CCS(=O)(=O)C1. The molecule has 2 saturated heterocycles. The highest BCUT2D eigenvalue weighted by molar-refractivity contribution is 8.26. The average molecular weight is 366 g/mol. The standard InChI is InChI=1S/C16H15NO3S3/c18-15-14(8-4-7-12-5-2-1-3-6-12)22-16(21)17(15)13-9-10-23(19,20)11-13/h1-8,13H,9-11H2/b7-4+,14-8+. The Bertz CT molecular complexity index is 797. The van der Waals surface area contributed by atoms with Gasteiger partial charge in [0.25, 0.3) is 5.91 Å². The number of thioether (sulfide) groups is 1. The minimum absolute atomic E-state index is 0.00652. The number of hydrogen-bond acceptors (Lipinski definition) is 5. The van der Waals surface area contributed by atoms with Crippen LogP contribution in [0.5, 0.6) is 0 Å². The summed E-state index contributed by atoms with van der Waals surface area (Å²) in [6.45, 7) is 0. The molecule has 1 unspecified atom stereocenters. The molecule has 0 bridgehead atoms. The predicted octanol–water partition coefficient (Wildman–Crippen LogP) is 2.63. The first-order valence-corrected chi connectivity index (χ1v) is 10.2. The average Bonchev–Trinajstić information content (AvgIpc) is 3.00. The van der Waals surface area contributed by atoms with Crippen molar-refractivity contribution in [1.82, 2.24) is 4.90 Å². The highest BCUT2D eigenvalue weighted by atomic mass is 32.2. The second kappa shape index (κ2) is 6.59. The molecule has 7 heteroatoms. The topological polar surface area (TPSA) is 54.5 Å². The van der Waals surface area contributed by atoms with Crippen LogP contribution in [0.4, 0.5) is 0 Å². The summed E-state index contributed by atoms with van der Waals surface area (Å²) in [6.07, 6.45) is 5.91. The van der Waals surface area contributed by atoms with E-state index in [-0.39, 0.29) is 23.5 Å². The number of benzene rings is 1. The molecule has 2 heterocycles. The molecule has 2 aliphatic heterocycles. The smallest absolute Gasteiger partial charge is 0.266 e. The first kappa shape index (κ1) is 16.4. The molecule has 1 atom stereocenters. The van der Waals surface area contributed by atoms with Gasteiger partial charge in [-0.3, -0.25) is 9.69 Å². The summed E-state index contributed by atoms with van der Waals surface area (Å²) in [6, 6.07) is 9.45. The van der Waals surface area contributed by atoms with E-state index in [2.05, 4.69) is 0 Å². The quantitative estimate of drug-likeness (QED) is 0.609. The Morgan fingerprint density at radius 3 is 2.65 bits per heavy atom. The molecule has 3 rings (SSSR count). The van der Waals surface area contributed by atoms with Crippen molar-refractivity contribution >= 4 is 50.1 Å². The Labute approximate surface area is 145 Å². The third kappa shape index (κ3) is 3.73. The van der Waals surface area contributed by atoms with Crippen LogP contribution in [0.2, 0.25) is 0 Å². The van der Waals surface area contributed by atoms with Gasteiger partial charge in [0.15, 0.2) is 9.84 Å². The molecule has 4 nitrogen and oxygen atoms in total. The highest BCUT2D eigenvalue weighted by Crippen LogP contribution is 2.35. The molecule has 1 amide bonds. The number of carbonyl (C=O) groups is 1. The summed E-state index contributed by atoms with van der Waals surface area (Å²) in [5.74, 6) is -0.0614. The summed E-state index contributed by atoms with van der Waals surface area (Å²) >= 11 is 6.49. The van der Waals surface area contributed by atoms with Gasteiger partial charge in [0.05, 0.1) is 22.5 Å². The zero-order valence-corrected chi connectivity index (χ0v) is 14.7. The Morgan fingerprint density at radius 2 is 2.00 bits per heavy atom. The monoisotopic (exact) mass is 365 g/mol. The fraction of sp³-hybridized carbons (Fsp3) is 0.250. The number of hydrogen-bond donors (Lipinski definition) is 0. The van der Waals surface area contributed by atoms with Gasteiger partial charge in [-0.1, -0.05) is 66.5 Å². The lowest BCUT2D eigenvalue weighted by Crippen LogP contribution is -2.39. The van der Waals surface area contributed by atoms with Gasteiger partial charge in [-0.25, -0.2) is 8.42 Å². The van der Waals surface area contributed by atoms with Gasteiger partial charge in [0.1, 0.15) is 4.32 Å². The number of sulfone groups is 1. The maximum atomic E-state index is 12.5. The second-order valence-corrected chi connectivity index (χ2v) is 9.31. The van der Waals surface area contributed by atoms with Crippen molar-refractivity contribution in [2.45, 2.75) is 12.5 Å². The van der Waals surface area contributed by atoms with E-state index in [1.54, 1.807) is 6.08 Å². The summed E-state index contributed by atoms with van der Waals surface area (Å²) in [5, 5.41) is 0. The number of rotatable bonds is 3. The first-order valence-electron chi connectivity index (χ1n) is 7.15. The van der Waals surface area contributed by atoms with Gasteiger partial charge in [0, 0.05) is 0 Å². The van der Waals surface area contributed by atoms with Crippen LogP contribution in [0.1, 0.15) is 12.0 Å². The molecular formula is C16H15NO3S3. The molecule has 0 spiro atoms. The number of thiocarbonyl (C=S) groups is 1. The summed E-state index contributed by atoms with van der Waals surface area (Å²) in [4.78, 5) is 14.5. The van der Waals surface area contributed by atoms with Crippen molar-refractivity contribution in [3.63, 3.8) is 0 Å². The molecule has 1 aromatic rings. The van der Waals surface area contributed by atoms with E-state index in [1.165, 1.54) is 16.7 Å². The molecule has 2 fully saturated rings. The van der Waals surface area contributed by atoms with Crippen LogP contribution in [-0.4, -0.2) is 41.1 Å². The van der Waals surface area contributed by atoms with Crippen LogP contribution in [0, 0.1) is 0 Å². The Balaban J connectivity index is 1.74. The summed E-state index contributed by atoms with van der Waals surface area (Å²) < 4.78 is 23.7. The summed E-state index contributed by atoms with van der Waals surface area (Å²) in [7, 11) is -3.05. The predicted molar refractivity (Wildman–Crippen MR) is 97.7 cm³/mol. The van der Waals surface area contributed by atoms with Gasteiger partial charge in [-0.2, -0.15) is 0 Å². The molecule has 0 radical (unpaired) electrons. The van der Waals surface area contributed by atoms with Crippen molar-refractivity contribution in [2.75, 3.05) is 11.5 Å². The van der Waals surface area contributed by atoms with Crippen LogP contribution in [0.25, 0.3) is 6.08 Å². The number of nitrogens with zero attached hydrogens (tertiary/aromatic N) is 1.